The molecule has 1 heteroatoms. The van der Waals surface area contributed by atoms with E-state index in [9.17, 15) is 0 Å². The van der Waals surface area contributed by atoms with Gasteiger partial charge in [-0.1, -0.05) is 24.3 Å². The van der Waals surface area contributed by atoms with E-state index in [4.69, 9.17) is 0 Å². The molecular weight excluding hydrogens is 170 g/mol. The quantitative estimate of drug-likeness (QED) is 0.639. The van der Waals surface area contributed by atoms with Gasteiger partial charge < -0.3 is 4.57 Å². The number of nitrogens with zero attached hydrogens (tertiary/aromatic N) is 1. The standard InChI is InChI=1S/C13H15N/c1-4-10(2)12-7-5-6-11-8-9-14(3)13(11)12/h4-9H,1-3H3. The monoisotopic (exact) mass is 185 g/mol. The Bertz CT molecular complexity index is 489. The average Bonchev–Trinajstić information content (AvgIpc) is 2.59. The Labute approximate surface area is 84.7 Å². The van der Waals surface area contributed by atoms with Crippen LogP contribution in [0, 0.1) is 0 Å². The van der Waals surface area contributed by atoms with E-state index in [-0.39, 0.29) is 0 Å². The highest BCUT2D eigenvalue weighted by Crippen LogP contribution is 2.24. The van der Waals surface area contributed by atoms with Gasteiger partial charge in [-0.15, -0.1) is 0 Å². The number of aryl methyl sites for hydroxylation is 1. The van der Waals surface area contributed by atoms with Gasteiger partial charge in [-0.25, -0.2) is 0 Å². The Balaban J connectivity index is 2.82. The molecule has 0 aliphatic heterocycles. The first-order valence-electron chi connectivity index (χ1n) is 4.91. The topological polar surface area (TPSA) is 4.93 Å². The highest BCUT2D eigenvalue weighted by atomic mass is 14.9. The molecule has 14 heavy (non-hydrogen) atoms. The van der Waals surface area contributed by atoms with Crippen molar-refractivity contribution < 1.29 is 0 Å². The van der Waals surface area contributed by atoms with Gasteiger partial charge in [0.2, 0.25) is 0 Å². The lowest BCUT2D eigenvalue weighted by Crippen LogP contribution is -1.89. The fraction of sp³-hybridized carbons (Fsp3) is 0.231. The minimum absolute atomic E-state index is 1.31. The molecule has 2 rings (SSSR count). The second-order valence-electron chi connectivity index (χ2n) is 3.64. The molecule has 0 saturated heterocycles. The zero-order valence-corrected chi connectivity index (χ0v) is 8.91. The molecule has 0 atom stereocenters. The van der Waals surface area contributed by atoms with Crippen LogP contribution in [-0.2, 0) is 7.05 Å². The van der Waals surface area contributed by atoms with Crippen molar-refractivity contribution in [3.63, 3.8) is 0 Å². The number of benzene rings is 1. The fourth-order valence-electron chi connectivity index (χ4n) is 1.83. The molecule has 0 amide bonds. The largest absolute Gasteiger partial charge is 0.350 e. The maximum absolute atomic E-state index is 2.18. The number of aromatic nitrogens is 1. The first-order chi connectivity index (χ1) is 6.74. The highest BCUT2D eigenvalue weighted by Gasteiger charge is 2.04. The third-order valence-corrected chi connectivity index (χ3v) is 2.76. The van der Waals surface area contributed by atoms with Gasteiger partial charge >= 0.3 is 0 Å². The summed E-state index contributed by atoms with van der Waals surface area (Å²) >= 11 is 0. The summed E-state index contributed by atoms with van der Waals surface area (Å²) in [6.45, 7) is 4.23. The number of para-hydroxylation sites is 1. The van der Waals surface area contributed by atoms with E-state index in [0.717, 1.165) is 0 Å². The lowest BCUT2D eigenvalue weighted by atomic mass is 10.0. The van der Waals surface area contributed by atoms with Crippen LogP contribution in [-0.4, -0.2) is 4.57 Å². The maximum Gasteiger partial charge on any atom is 0.0553 e. The molecular formula is C13H15N. The second-order valence-corrected chi connectivity index (χ2v) is 3.64. The fourth-order valence-corrected chi connectivity index (χ4v) is 1.83. The molecule has 0 N–H and O–H groups in total. The van der Waals surface area contributed by atoms with E-state index < -0.39 is 0 Å². The minimum atomic E-state index is 1.31. The molecule has 0 aliphatic rings. The van der Waals surface area contributed by atoms with E-state index in [2.05, 4.69) is 62.0 Å². The van der Waals surface area contributed by atoms with Gasteiger partial charge in [0.05, 0.1) is 5.52 Å². The number of rotatable bonds is 1. The summed E-state index contributed by atoms with van der Waals surface area (Å²) in [6.07, 6.45) is 4.26. The van der Waals surface area contributed by atoms with Crippen molar-refractivity contribution in [3.8, 4) is 0 Å². The van der Waals surface area contributed by atoms with Crippen molar-refractivity contribution in [2.75, 3.05) is 0 Å². The molecule has 0 spiro atoms. The SMILES string of the molecule is CC=C(C)c1cccc2ccn(C)c12. The summed E-state index contributed by atoms with van der Waals surface area (Å²) in [5.74, 6) is 0. The van der Waals surface area contributed by atoms with E-state index in [1.807, 2.05) is 0 Å². The van der Waals surface area contributed by atoms with Gasteiger partial charge in [-0.3, -0.25) is 0 Å². The molecule has 0 saturated carbocycles. The summed E-state index contributed by atoms with van der Waals surface area (Å²) in [4.78, 5) is 0. The molecule has 72 valence electrons. The Morgan fingerprint density at radius 3 is 2.79 bits per heavy atom. The lowest BCUT2D eigenvalue weighted by molar-refractivity contribution is 0.967. The zero-order valence-electron chi connectivity index (χ0n) is 8.91. The molecule has 0 bridgehead atoms. The minimum Gasteiger partial charge on any atom is -0.350 e. The van der Waals surface area contributed by atoms with Crippen LogP contribution in [0.3, 0.4) is 0 Å². The first-order valence-corrected chi connectivity index (χ1v) is 4.91. The summed E-state index contributed by atoms with van der Waals surface area (Å²) in [5, 5.41) is 1.31. The number of fused-ring (bicyclic) bond motifs is 1. The van der Waals surface area contributed by atoms with E-state index in [0.29, 0.717) is 0 Å². The third kappa shape index (κ3) is 1.25. The van der Waals surface area contributed by atoms with Crippen molar-refractivity contribution >= 4 is 16.5 Å². The average molecular weight is 185 g/mol. The highest BCUT2D eigenvalue weighted by molar-refractivity contribution is 5.91. The summed E-state index contributed by atoms with van der Waals surface area (Å²) < 4.78 is 2.18. The van der Waals surface area contributed by atoms with Gasteiger partial charge in [-0.05, 0) is 25.5 Å². The first kappa shape index (κ1) is 9.07. The maximum atomic E-state index is 2.18. The summed E-state index contributed by atoms with van der Waals surface area (Å²) in [7, 11) is 2.09. The van der Waals surface area contributed by atoms with E-state index in [1.165, 1.54) is 22.0 Å². The summed E-state index contributed by atoms with van der Waals surface area (Å²) in [6, 6.07) is 8.60. The number of hydrogen-bond donors (Lipinski definition) is 0. The van der Waals surface area contributed by atoms with Crippen molar-refractivity contribution in [3.05, 3.63) is 42.1 Å². The van der Waals surface area contributed by atoms with Crippen molar-refractivity contribution in [2.24, 2.45) is 7.05 Å². The van der Waals surface area contributed by atoms with Crippen molar-refractivity contribution in [2.45, 2.75) is 13.8 Å². The Morgan fingerprint density at radius 1 is 1.29 bits per heavy atom. The Kier molecular flexibility index (Phi) is 2.16. The number of hydrogen-bond acceptors (Lipinski definition) is 0. The van der Waals surface area contributed by atoms with E-state index >= 15 is 0 Å². The van der Waals surface area contributed by atoms with Gasteiger partial charge in [0.25, 0.3) is 0 Å². The molecule has 1 nitrogen and oxygen atoms in total. The van der Waals surface area contributed by atoms with Crippen LogP contribution < -0.4 is 0 Å². The predicted molar refractivity (Wildman–Crippen MR) is 62.2 cm³/mol. The van der Waals surface area contributed by atoms with Crippen LogP contribution >= 0.6 is 0 Å². The molecule has 0 unspecified atom stereocenters. The lowest BCUT2D eigenvalue weighted by Gasteiger charge is -2.05. The van der Waals surface area contributed by atoms with Gasteiger partial charge in [-0.2, -0.15) is 0 Å². The van der Waals surface area contributed by atoms with Gasteiger partial charge in [0.1, 0.15) is 0 Å². The molecule has 0 radical (unpaired) electrons. The predicted octanol–water partition coefficient (Wildman–Crippen LogP) is 3.60. The van der Waals surface area contributed by atoms with Crippen molar-refractivity contribution in [1.29, 1.82) is 0 Å². The van der Waals surface area contributed by atoms with Gasteiger partial charge in [0, 0.05) is 24.2 Å². The van der Waals surface area contributed by atoms with Crippen LogP contribution in [0.5, 0.6) is 0 Å². The second kappa shape index (κ2) is 3.33. The van der Waals surface area contributed by atoms with Crippen LogP contribution in [0.1, 0.15) is 19.4 Å². The smallest absolute Gasteiger partial charge is 0.0553 e. The number of allylic oxidation sites excluding steroid dienone is 2. The van der Waals surface area contributed by atoms with Crippen molar-refractivity contribution in [1.82, 2.24) is 4.57 Å². The third-order valence-electron chi connectivity index (χ3n) is 2.76. The molecule has 1 aromatic heterocycles. The molecule has 2 aromatic rings. The van der Waals surface area contributed by atoms with Crippen LogP contribution in [0.4, 0.5) is 0 Å². The molecule has 0 aliphatic carbocycles. The Hall–Kier alpha value is -1.50. The van der Waals surface area contributed by atoms with E-state index in [1.54, 1.807) is 0 Å². The summed E-state index contributed by atoms with van der Waals surface area (Å²) in [5.41, 5.74) is 3.98. The molecule has 1 aromatic carbocycles. The zero-order chi connectivity index (χ0) is 10.1. The van der Waals surface area contributed by atoms with Gasteiger partial charge in [0.15, 0.2) is 0 Å². The Morgan fingerprint density at radius 2 is 2.07 bits per heavy atom. The molecule has 1 heterocycles. The van der Waals surface area contributed by atoms with Crippen LogP contribution in [0.15, 0.2) is 36.5 Å². The van der Waals surface area contributed by atoms with Crippen LogP contribution in [0.25, 0.3) is 16.5 Å². The molecule has 0 fully saturated rings. The van der Waals surface area contributed by atoms with Crippen LogP contribution in [0.2, 0.25) is 0 Å². The normalized spacial score (nSPS) is 12.4.